The molecule has 0 rings (SSSR count). The number of allylic oxidation sites excluding steroid dienone is 1. The summed E-state index contributed by atoms with van der Waals surface area (Å²) in [6, 6.07) is 0. The minimum Gasteiger partial charge on any atom is -0.469 e. The molecule has 0 aromatic carbocycles. The first-order valence-electron chi connectivity index (χ1n) is 8.86. The van der Waals surface area contributed by atoms with Crippen molar-refractivity contribution in [2.45, 2.75) is 51.9 Å². The van der Waals surface area contributed by atoms with Crippen molar-refractivity contribution in [1.29, 1.82) is 0 Å². The van der Waals surface area contributed by atoms with Crippen molar-refractivity contribution in [3.63, 3.8) is 0 Å². The van der Waals surface area contributed by atoms with Gasteiger partial charge in [0, 0.05) is 26.5 Å². The quantitative estimate of drug-likeness (QED) is 0.211. The maximum absolute atomic E-state index is 11.7. The van der Waals surface area contributed by atoms with E-state index < -0.39 is 0 Å². The molecule has 0 bridgehead atoms. The van der Waals surface area contributed by atoms with Gasteiger partial charge in [0.1, 0.15) is 6.79 Å². The monoisotopic (exact) mass is 355 g/mol. The Kier molecular flexibility index (Phi) is 16.0. The SMILES string of the molecule is C/C=C(\C=C/CCNC(=O)CCCCCCC(=O)OC)COCOC. The highest BCUT2D eigenvalue weighted by atomic mass is 16.7. The molecular formula is C19H33NO5. The number of unbranched alkanes of at least 4 members (excludes halogenated alkanes) is 3. The molecule has 0 aliphatic rings. The molecule has 1 N–H and O–H groups in total. The minimum absolute atomic E-state index is 0.0797. The van der Waals surface area contributed by atoms with Crippen LogP contribution in [0.5, 0.6) is 0 Å². The lowest BCUT2D eigenvalue weighted by Crippen LogP contribution is -2.23. The number of esters is 1. The molecule has 0 aliphatic carbocycles. The normalized spacial score (nSPS) is 11.7. The van der Waals surface area contributed by atoms with E-state index >= 15 is 0 Å². The van der Waals surface area contributed by atoms with Crippen LogP contribution in [0.2, 0.25) is 0 Å². The molecule has 0 heterocycles. The van der Waals surface area contributed by atoms with E-state index in [1.807, 2.05) is 25.2 Å². The smallest absolute Gasteiger partial charge is 0.305 e. The molecule has 25 heavy (non-hydrogen) atoms. The summed E-state index contributed by atoms with van der Waals surface area (Å²) in [5, 5.41) is 2.91. The summed E-state index contributed by atoms with van der Waals surface area (Å²) < 4.78 is 14.7. The third-order valence-corrected chi connectivity index (χ3v) is 3.57. The van der Waals surface area contributed by atoms with Crippen LogP contribution in [0.4, 0.5) is 0 Å². The number of methoxy groups -OCH3 is 2. The molecule has 0 radical (unpaired) electrons. The summed E-state index contributed by atoms with van der Waals surface area (Å²) in [5.74, 6) is -0.0896. The number of carbonyl (C=O) groups excluding carboxylic acids is 2. The standard InChI is InChI=1S/C19H33NO5/c1-4-17(15-25-16-23-2)11-9-10-14-20-18(21)12-7-5-6-8-13-19(22)24-3/h4,9,11H,5-8,10,12-16H2,1-3H3,(H,20,21)/b11-9-,17-4+. The summed E-state index contributed by atoms with van der Waals surface area (Å²) in [4.78, 5) is 22.6. The molecule has 0 aliphatic heterocycles. The van der Waals surface area contributed by atoms with E-state index in [9.17, 15) is 9.59 Å². The van der Waals surface area contributed by atoms with Crippen LogP contribution in [0.3, 0.4) is 0 Å². The van der Waals surface area contributed by atoms with Crippen LogP contribution in [0.15, 0.2) is 23.8 Å². The number of nitrogens with one attached hydrogen (secondary N) is 1. The topological polar surface area (TPSA) is 73.9 Å². The van der Waals surface area contributed by atoms with Gasteiger partial charge in [-0.3, -0.25) is 9.59 Å². The average Bonchev–Trinajstić information content (AvgIpc) is 2.62. The molecule has 0 spiro atoms. The molecule has 0 fully saturated rings. The van der Waals surface area contributed by atoms with Crippen molar-refractivity contribution < 1.29 is 23.8 Å². The fraction of sp³-hybridized carbons (Fsp3) is 0.684. The Bertz CT molecular complexity index is 418. The lowest BCUT2D eigenvalue weighted by Gasteiger charge is -2.05. The van der Waals surface area contributed by atoms with Crippen LogP contribution in [0.1, 0.15) is 51.9 Å². The lowest BCUT2D eigenvalue weighted by molar-refractivity contribution is -0.140. The highest BCUT2D eigenvalue weighted by Gasteiger charge is 2.02. The molecule has 6 nitrogen and oxygen atoms in total. The molecule has 0 saturated carbocycles. The second-order valence-electron chi connectivity index (χ2n) is 5.65. The van der Waals surface area contributed by atoms with E-state index in [2.05, 4.69) is 10.1 Å². The first-order valence-corrected chi connectivity index (χ1v) is 8.86. The zero-order valence-electron chi connectivity index (χ0n) is 15.8. The van der Waals surface area contributed by atoms with Crippen LogP contribution in [-0.2, 0) is 23.8 Å². The Morgan fingerprint density at radius 2 is 1.76 bits per heavy atom. The van der Waals surface area contributed by atoms with Gasteiger partial charge >= 0.3 is 5.97 Å². The van der Waals surface area contributed by atoms with Gasteiger partial charge in [-0.05, 0) is 31.8 Å². The van der Waals surface area contributed by atoms with Crippen molar-refractivity contribution in [3.05, 3.63) is 23.8 Å². The lowest BCUT2D eigenvalue weighted by atomic mass is 10.1. The zero-order valence-corrected chi connectivity index (χ0v) is 15.8. The second kappa shape index (κ2) is 17.2. The van der Waals surface area contributed by atoms with Gasteiger partial charge in [-0.25, -0.2) is 0 Å². The number of hydrogen-bond acceptors (Lipinski definition) is 5. The predicted octanol–water partition coefficient (Wildman–Crippen LogP) is 3.13. The second-order valence-corrected chi connectivity index (χ2v) is 5.65. The zero-order chi connectivity index (χ0) is 18.8. The van der Waals surface area contributed by atoms with Gasteiger partial charge in [-0.2, -0.15) is 0 Å². The Morgan fingerprint density at radius 3 is 2.40 bits per heavy atom. The van der Waals surface area contributed by atoms with Crippen LogP contribution in [0.25, 0.3) is 0 Å². The highest BCUT2D eigenvalue weighted by Crippen LogP contribution is 2.06. The average molecular weight is 355 g/mol. The first-order chi connectivity index (χ1) is 12.1. The molecule has 0 aromatic heterocycles. The summed E-state index contributed by atoms with van der Waals surface area (Å²) >= 11 is 0. The Labute approximate surface area is 151 Å². The molecule has 1 amide bonds. The van der Waals surface area contributed by atoms with E-state index in [4.69, 9.17) is 9.47 Å². The van der Waals surface area contributed by atoms with Crippen LogP contribution in [0, 0.1) is 0 Å². The van der Waals surface area contributed by atoms with E-state index in [0.717, 1.165) is 37.7 Å². The Morgan fingerprint density at radius 1 is 1.04 bits per heavy atom. The summed E-state index contributed by atoms with van der Waals surface area (Å²) in [5.41, 5.74) is 1.08. The number of carbonyl (C=O) groups is 2. The fourth-order valence-electron chi connectivity index (χ4n) is 2.10. The van der Waals surface area contributed by atoms with E-state index in [1.54, 1.807) is 7.11 Å². The van der Waals surface area contributed by atoms with Crippen molar-refractivity contribution in [2.24, 2.45) is 0 Å². The molecule has 0 aromatic rings. The Balaban J connectivity index is 3.59. The van der Waals surface area contributed by atoms with Gasteiger partial charge in [0.2, 0.25) is 5.91 Å². The van der Waals surface area contributed by atoms with Gasteiger partial charge in [0.15, 0.2) is 0 Å². The minimum atomic E-state index is -0.169. The first kappa shape index (κ1) is 23.3. The fourth-order valence-corrected chi connectivity index (χ4v) is 2.10. The van der Waals surface area contributed by atoms with Crippen molar-refractivity contribution in [1.82, 2.24) is 5.32 Å². The highest BCUT2D eigenvalue weighted by molar-refractivity contribution is 5.75. The third kappa shape index (κ3) is 15.6. The van der Waals surface area contributed by atoms with Gasteiger partial charge in [0.05, 0.1) is 13.7 Å². The van der Waals surface area contributed by atoms with Crippen LogP contribution < -0.4 is 5.32 Å². The molecule has 0 unspecified atom stereocenters. The van der Waals surface area contributed by atoms with E-state index in [1.165, 1.54) is 7.11 Å². The predicted molar refractivity (Wildman–Crippen MR) is 98.1 cm³/mol. The molecule has 0 saturated heterocycles. The largest absolute Gasteiger partial charge is 0.469 e. The maximum Gasteiger partial charge on any atom is 0.305 e. The van der Waals surface area contributed by atoms with Crippen molar-refractivity contribution >= 4 is 11.9 Å². The molecule has 0 atom stereocenters. The van der Waals surface area contributed by atoms with Crippen LogP contribution in [-0.4, -0.2) is 46.0 Å². The summed E-state index contributed by atoms with van der Waals surface area (Å²) in [7, 11) is 2.99. The van der Waals surface area contributed by atoms with Gasteiger partial charge in [-0.15, -0.1) is 0 Å². The number of rotatable bonds is 15. The van der Waals surface area contributed by atoms with E-state index in [-0.39, 0.29) is 18.7 Å². The van der Waals surface area contributed by atoms with Gasteiger partial charge < -0.3 is 19.5 Å². The van der Waals surface area contributed by atoms with Crippen LogP contribution >= 0.6 is 0 Å². The van der Waals surface area contributed by atoms with E-state index in [0.29, 0.717) is 26.0 Å². The molecular weight excluding hydrogens is 322 g/mol. The van der Waals surface area contributed by atoms with Gasteiger partial charge in [0.25, 0.3) is 0 Å². The summed E-state index contributed by atoms with van der Waals surface area (Å²) in [6.45, 7) is 3.39. The maximum atomic E-state index is 11.7. The van der Waals surface area contributed by atoms with Crippen molar-refractivity contribution in [3.8, 4) is 0 Å². The Hall–Kier alpha value is -1.66. The molecule has 144 valence electrons. The third-order valence-electron chi connectivity index (χ3n) is 3.57. The number of ether oxygens (including phenoxy) is 3. The summed E-state index contributed by atoms with van der Waals surface area (Å²) in [6.07, 6.45) is 11.4. The number of hydrogen-bond donors (Lipinski definition) is 1. The number of amides is 1. The van der Waals surface area contributed by atoms with Crippen molar-refractivity contribution in [2.75, 3.05) is 34.2 Å². The molecule has 6 heteroatoms. The van der Waals surface area contributed by atoms with Gasteiger partial charge in [-0.1, -0.05) is 31.1 Å².